The van der Waals surface area contributed by atoms with Crippen LogP contribution in [-0.2, 0) is 12.8 Å². The lowest BCUT2D eigenvalue weighted by molar-refractivity contribution is 0.564. The van der Waals surface area contributed by atoms with Crippen molar-refractivity contribution >= 4 is 22.9 Å². The van der Waals surface area contributed by atoms with E-state index in [9.17, 15) is 4.39 Å². The normalized spacial score (nSPS) is 15.5. The first kappa shape index (κ1) is 13.1. The second-order valence-electron chi connectivity index (χ2n) is 4.69. The number of halogens is 2. The van der Waals surface area contributed by atoms with Gasteiger partial charge in [-0.1, -0.05) is 17.7 Å². The van der Waals surface area contributed by atoms with E-state index in [4.69, 9.17) is 17.4 Å². The van der Waals surface area contributed by atoms with Gasteiger partial charge in [0.05, 0.1) is 6.04 Å². The van der Waals surface area contributed by atoms with Crippen molar-refractivity contribution in [3.05, 3.63) is 56.0 Å². The van der Waals surface area contributed by atoms with Gasteiger partial charge in [-0.3, -0.25) is 5.84 Å². The average molecular weight is 297 g/mol. The van der Waals surface area contributed by atoms with Crippen LogP contribution in [0.2, 0.25) is 5.02 Å². The number of aryl methyl sites for hydroxylation is 2. The van der Waals surface area contributed by atoms with Crippen LogP contribution in [0, 0.1) is 5.82 Å². The Balaban J connectivity index is 2.04. The lowest BCUT2D eigenvalue weighted by Crippen LogP contribution is -2.29. The molecule has 0 fully saturated rings. The maximum absolute atomic E-state index is 14.0. The number of fused-ring (bicyclic) bond motifs is 1. The SMILES string of the molecule is NNC(c1cc2c(s1)CCC2)c1c(F)cccc1Cl. The zero-order chi connectivity index (χ0) is 13.4. The fourth-order valence-corrected chi connectivity index (χ4v) is 4.19. The molecule has 19 heavy (non-hydrogen) atoms. The predicted octanol–water partition coefficient (Wildman–Crippen LogP) is 3.58. The molecule has 2 aromatic rings. The van der Waals surface area contributed by atoms with E-state index in [0.717, 1.165) is 17.7 Å². The molecular weight excluding hydrogens is 283 g/mol. The molecular formula is C14H14ClFN2S. The van der Waals surface area contributed by atoms with E-state index < -0.39 is 0 Å². The molecule has 1 aromatic heterocycles. The van der Waals surface area contributed by atoms with Gasteiger partial charge in [-0.05, 0) is 43.0 Å². The van der Waals surface area contributed by atoms with Gasteiger partial charge in [-0.25, -0.2) is 9.82 Å². The van der Waals surface area contributed by atoms with Crippen LogP contribution in [-0.4, -0.2) is 0 Å². The second kappa shape index (κ2) is 5.21. The number of nitrogens with one attached hydrogen (secondary N) is 1. The van der Waals surface area contributed by atoms with E-state index in [2.05, 4.69) is 11.5 Å². The standard InChI is InChI=1S/C14H14ClFN2S/c15-9-4-2-5-10(16)13(9)14(18-17)12-7-8-3-1-6-11(8)19-12/h2,4-5,7,14,18H,1,3,6,17H2. The summed E-state index contributed by atoms with van der Waals surface area (Å²) in [5, 5.41) is 0.400. The minimum Gasteiger partial charge on any atom is -0.271 e. The molecule has 0 saturated carbocycles. The lowest BCUT2D eigenvalue weighted by Gasteiger charge is -2.17. The van der Waals surface area contributed by atoms with Crippen LogP contribution < -0.4 is 11.3 Å². The van der Waals surface area contributed by atoms with E-state index in [1.165, 1.54) is 22.9 Å². The first-order valence-electron chi connectivity index (χ1n) is 6.22. The highest BCUT2D eigenvalue weighted by Gasteiger charge is 2.24. The highest BCUT2D eigenvalue weighted by molar-refractivity contribution is 7.12. The van der Waals surface area contributed by atoms with E-state index in [1.54, 1.807) is 23.5 Å². The van der Waals surface area contributed by atoms with Gasteiger partial charge in [-0.2, -0.15) is 0 Å². The third-order valence-electron chi connectivity index (χ3n) is 3.51. The monoisotopic (exact) mass is 296 g/mol. The zero-order valence-corrected chi connectivity index (χ0v) is 11.8. The minimum absolute atomic E-state index is 0.330. The molecule has 100 valence electrons. The van der Waals surface area contributed by atoms with Gasteiger partial charge in [0.2, 0.25) is 0 Å². The van der Waals surface area contributed by atoms with Crippen LogP contribution in [0.5, 0.6) is 0 Å². The molecule has 1 heterocycles. The van der Waals surface area contributed by atoms with Crippen LogP contribution >= 0.6 is 22.9 Å². The summed E-state index contributed by atoms with van der Waals surface area (Å²) in [6, 6.07) is 6.44. The molecule has 0 saturated heterocycles. The molecule has 3 rings (SSSR count). The van der Waals surface area contributed by atoms with E-state index in [1.807, 2.05) is 0 Å². The molecule has 1 aromatic carbocycles. The first-order chi connectivity index (χ1) is 9.20. The Kier molecular flexibility index (Phi) is 3.58. The number of nitrogens with two attached hydrogens (primary N) is 1. The van der Waals surface area contributed by atoms with Crippen LogP contribution in [0.15, 0.2) is 24.3 Å². The fraction of sp³-hybridized carbons (Fsp3) is 0.286. The summed E-state index contributed by atoms with van der Waals surface area (Å²) in [6.07, 6.45) is 3.43. The van der Waals surface area contributed by atoms with Gasteiger partial charge >= 0.3 is 0 Å². The van der Waals surface area contributed by atoms with Crippen molar-refractivity contribution in [1.82, 2.24) is 5.43 Å². The molecule has 5 heteroatoms. The molecule has 0 amide bonds. The Bertz CT molecular complexity index is 570. The molecule has 0 aliphatic heterocycles. The Morgan fingerprint density at radius 3 is 2.89 bits per heavy atom. The Morgan fingerprint density at radius 1 is 1.37 bits per heavy atom. The molecule has 1 atom stereocenters. The Labute approximate surface area is 120 Å². The van der Waals surface area contributed by atoms with Crippen LogP contribution in [0.3, 0.4) is 0 Å². The number of benzene rings is 1. The molecule has 0 bridgehead atoms. The average Bonchev–Trinajstić information content (AvgIpc) is 2.94. The smallest absolute Gasteiger partial charge is 0.129 e. The van der Waals surface area contributed by atoms with Crippen LogP contribution in [0.4, 0.5) is 4.39 Å². The number of hydrogen-bond donors (Lipinski definition) is 2. The largest absolute Gasteiger partial charge is 0.271 e. The number of rotatable bonds is 3. The van der Waals surface area contributed by atoms with Crippen molar-refractivity contribution in [3.63, 3.8) is 0 Å². The first-order valence-corrected chi connectivity index (χ1v) is 7.41. The molecule has 1 unspecified atom stereocenters. The van der Waals surface area contributed by atoms with E-state index in [0.29, 0.717) is 10.6 Å². The molecule has 1 aliphatic carbocycles. The lowest BCUT2D eigenvalue weighted by atomic mass is 10.0. The maximum atomic E-state index is 14.0. The minimum atomic E-state index is -0.385. The molecule has 2 nitrogen and oxygen atoms in total. The summed E-state index contributed by atoms with van der Waals surface area (Å²) in [5.74, 6) is 5.30. The quantitative estimate of drug-likeness (QED) is 0.671. The van der Waals surface area contributed by atoms with Gasteiger partial charge in [-0.15, -0.1) is 11.3 Å². The molecule has 1 aliphatic rings. The summed E-state index contributed by atoms with van der Waals surface area (Å²) < 4.78 is 14.0. The van der Waals surface area contributed by atoms with Crippen molar-refractivity contribution < 1.29 is 4.39 Å². The third kappa shape index (κ3) is 2.30. The number of thiophene rings is 1. The Hall–Kier alpha value is -0.940. The topological polar surface area (TPSA) is 38.0 Å². The maximum Gasteiger partial charge on any atom is 0.129 e. The third-order valence-corrected chi connectivity index (χ3v) is 5.14. The summed E-state index contributed by atoms with van der Waals surface area (Å²) in [7, 11) is 0. The zero-order valence-electron chi connectivity index (χ0n) is 10.2. The number of hydrogen-bond acceptors (Lipinski definition) is 3. The van der Waals surface area contributed by atoms with Crippen molar-refractivity contribution in [2.75, 3.05) is 0 Å². The molecule has 0 radical (unpaired) electrons. The summed E-state index contributed by atoms with van der Waals surface area (Å²) in [5.41, 5.74) is 4.48. The van der Waals surface area contributed by atoms with Gasteiger partial charge in [0.15, 0.2) is 0 Å². The van der Waals surface area contributed by atoms with E-state index >= 15 is 0 Å². The Morgan fingerprint density at radius 2 is 2.21 bits per heavy atom. The summed E-state index contributed by atoms with van der Waals surface area (Å²) >= 11 is 7.82. The van der Waals surface area contributed by atoms with Crippen molar-refractivity contribution in [3.8, 4) is 0 Å². The van der Waals surface area contributed by atoms with Crippen LogP contribution in [0.1, 0.15) is 33.3 Å². The molecule has 3 N–H and O–H groups in total. The van der Waals surface area contributed by atoms with Crippen molar-refractivity contribution in [1.29, 1.82) is 0 Å². The predicted molar refractivity (Wildman–Crippen MR) is 76.9 cm³/mol. The van der Waals surface area contributed by atoms with Gasteiger partial charge in [0.25, 0.3) is 0 Å². The van der Waals surface area contributed by atoms with Gasteiger partial charge < -0.3 is 0 Å². The summed E-state index contributed by atoms with van der Waals surface area (Å²) in [6.45, 7) is 0. The highest BCUT2D eigenvalue weighted by Crippen LogP contribution is 2.38. The summed E-state index contributed by atoms with van der Waals surface area (Å²) in [4.78, 5) is 2.42. The van der Waals surface area contributed by atoms with E-state index in [-0.39, 0.29) is 11.9 Å². The van der Waals surface area contributed by atoms with Gasteiger partial charge in [0, 0.05) is 20.3 Å². The number of hydrazine groups is 1. The highest BCUT2D eigenvalue weighted by atomic mass is 35.5. The van der Waals surface area contributed by atoms with Crippen molar-refractivity contribution in [2.45, 2.75) is 25.3 Å². The van der Waals surface area contributed by atoms with Crippen LogP contribution in [0.25, 0.3) is 0 Å². The second-order valence-corrected chi connectivity index (χ2v) is 6.26. The van der Waals surface area contributed by atoms with Crippen molar-refractivity contribution in [2.24, 2.45) is 5.84 Å². The molecule has 0 spiro atoms. The fourth-order valence-electron chi connectivity index (χ4n) is 2.59. The van der Waals surface area contributed by atoms with Gasteiger partial charge in [0.1, 0.15) is 5.82 Å².